The van der Waals surface area contributed by atoms with Gasteiger partial charge in [0.1, 0.15) is 0 Å². The van der Waals surface area contributed by atoms with Gasteiger partial charge in [-0.2, -0.15) is 0 Å². The SMILES string of the molecule is CCC(C)NC(=O)c1cccc(NCC(=O)Nc2cccc(CCC(=O)N(C)C)c2)c1. The summed E-state index contributed by atoms with van der Waals surface area (Å²) in [4.78, 5) is 37.9. The van der Waals surface area contributed by atoms with Crippen LogP contribution in [-0.2, 0) is 16.0 Å². The maximum Gasteiger partial charge on any atom is 0.251 e. The van der Waals surface area contributed by atoms with E-state index in [0.717, 1.165) is 12.0 Å². The van der Waals surface area contributed by atoms with Gasteiger partial charge in [0.05, 0.1) is 6.54 Å². The lowest BCUT2D eigenvalue weighted by Crippen LogP contribution is -2.31. The van der Waals surface area contributed by atoms with Gasteiger partial charge in [-0.15, -0.1) is 0 Å². The zero-order valence-electron chi connectivity index (χ0n) is 18.7. The Balaban J connectivity index is 1.88. The van der Waals surface area contributed by atoms with Crippen molar-refractivity contribution in [1.82, 2.24) is 10.2 Å². The number of aryl methyl sites for hydroxylation is 1. The number of rotatable bonds is 10. The van der Waals surface area contributed by atoms with Gasteiger partial charge in [-0.3, -0.25) is 14.4 Å². The van der Waals surface area contributed by atoms with Gasteiger partial charge >= 0.3 is 0 Å². The fourth-order valence-corrected chi connectivity index (χ4v) is 2.85. The fourth-order valence-electron chi connectivity index (χ4n) is 2.85. The Morgan fingerprint density at radius 3 is 2.42 bits per heavy atom. The molecule has 0 heterocycles. The molecule has 0 radical (unpaired) electrons. The lowest BCUT2D eigenvalue weighted by molar-refractivity contribution is -0.128. The summed E-state index contributed by atoms with van der Waals surface area (Å²) in [6, 6.07) is 14.7. The minimum absolute atomic E-state index is 0.0682. The average molecular weight is 425 g/mol. The van der Waals surface area contributed by atoms with Crippen LogP contribution in [0.4, 0.5) is 11.4 Å². The number of nitrogens with one attached hydrogen (secondary N) is 3. The van der Waals surface area contributed by atoms with Gasteiger partial charge in [0.15, 0.2) is 0 Å². The van der Waals surface area contributed by atoms with Crippen molar-refractivity contribution in [2.24, 2.45) is 0 Å². The Labute approximate surface area is 184 Å². The number of carbonyl (C=O) groups is 3. The Morgan fingerprint density at radius 1 is 1.00 bits per heavy atom. The van der Waals surface area contributed by atoms with Gasteiger partial charge in [0.25, 0.3) is 5.91 Å². The van der Waals surface area contributed by atoms with Crippen molar-refractivity contribution in [3.8, 4) is 0 Å². The number of nitrogens with zero attached hydrogens (tertiary/aromatic N) is 1. The van der Waals surface area contributed by atoms with Crippen LogP contribution >= 0.6 is 0 Å². The second-order valence-corrected chi connectivity index (χ2v) is 7.75. The first-order valence-corrected chi connectivity index (χ1v) is 10.5. The number of benzene rings is 2. The highest BCUT2D eigenvalue weighted by Crippen LogP contribution is 2.14. The standard InChI is InChI=1S/C24H32N4O3/c1-5-17(2)26-24(31)19-9-7-10-20(15-19)25-16-22(29)27-21-11-6-8-18(14-21)12-13-23(30)28(3)4/h6-11,14-15,17,25H,5,12-13,16H2,1-4H3,(H,26,31)(H,27,29). The Kier molecular flexibility index (Phi) is 9.06. The third-order valence-electron chi connectivity index (χ3n) is 4.90. The third-order valence-corrected chi connectivity index (χ3v) is 4.90. The molecule has 0 bridgehead atoms. The molecule has 166 valence electrons. The number of hydrogen-bond donors (Lipinski definition) is 3. The topological polar surface area (TPSA) is 90.5 Å². The van der Waals surface area contributed by atoms with Gasteiger partial charge in [-0.25, -0.2) is 0 Å². The second kappa shape index (κ2) is 11.7. The van der Waals surface area contributed by atoms with Crippen molar-refractivity contribution in [3.05, 3.63) is 59.7 Å². The lowest BCUT2D eigenvalue weighted by Gasteiger charge is -2.13. The minimum atomic E-state index is -0.198. The summed E-state index contributed by atoms with van der Waals surface area (Å²) in [5.74, 6) is -0.262. The van der Waals surface area contributed by atoms with E-state index in [9.17, 15) is 14.4 Å². The fraction of sp³-hybridized carbons (Fsp3) is 0.375. The van der Waals surface area contributed by atoms with Crippen LogP contribution in [0.15, 0.2) is 48.5 Å². The van der Waals surface area contributed by atoms with Crippen LogP contribution < -0.4 is 16.0 Å². The van der Waals surface area contributed by atoms with E-state index < -0.39 is 0 Å². The molecule has 0 spiro atoms. The normalized spacial score (nSPS) is 11.4. The van der Waals surface area contributed by atoms with Crippen LogP contribution in [0, 0.1) is 0 Å². The summed E-state index contributed by atoms with van der Waals surface area (Å²) in [5.41, 5.74) is 2.91. The Hall–Kier alpha value is -3.35. The van der Waals surface area contributed by atoms with Crippen molar-refractivity contribution in [1.29, 1.82) is 0 Å². The van der Waals surface area contributed by atoms with Gasteiger partial charge in [-0.05, 0) is 55.7 Å². The molecule has 3 N–H and O–H groups in total. The highest BCUT2D eigenvalue weighted by molar-refractivity contribution is 5.96. The van der Waals surface area contributed by atoms with E-state index in [2.05, 4.69) is 16.0 Å². The summed E-state index contributed by atoms with van der Waals surface area (Å²) in [7, 11) is 3.47. The van der Waals surface area contributed by atoms with Crippen molar-refractivity contribution in [2.75, 3.05) is 31.3 Å². The van der Waals surface area contributed by atoms with Crippen molar-refractivity contribution < 1.29 is 14.4 Å². The van der Waals surface area contributed by atoms with E-state index in [-0.39, 0.29) is 30.3 Å². The molecule has 2 rings (SSSR count). The maximum atomic E-state index is 12.3. The van der Waals surface area contributed by atoms with Gasteiger partial charge < -0.3 is 20.9 Å². The lowest BCUT2D eigenvalue weighted by atomic mass is 10.1. The largest absolute Gasteiger partial charge is 0.376 e. The molecule has 0 aliphatic rings. The third kappa shape index (κ3) is 8.12. The van der Waals surface area contributed by atoms with E-state index >= 15 is 0 Å². The summed E-state index contributed by atoms with van der Waals surface area (Å²) in [6.45, 7) is 4.04. The van der Waals surface area contributed by atoms with Crippen molar-refractivity contribution >= 4 is 29.1 Å². The molecule has 1 atom stereocenters. The monoisotopic (exact) mass is 424 g/mol. The summed E-state index contributed by atoms with van der Waals surface area (Å²) in [5, 5.41) is 8.84. The van der Waals surface area contributed by atoms with E-state index in [1.807, 2.05) is 44.2 Å². The summed E-state index contributed by atoms with van der Waals surface area (Å²) in [6.07, 6.45) is 1.90. The van der Waals surface area contributed by atoms with Crippen LogP contribution in [0.5, 0.6) is 0 Å². The Morgan fingerprint density at radius 2 is 1.71 bits per heavy atom. The average Bonchev–Trinajstić information content (AvgIpc) is 2.76. The number of hydrogen-bond acceptors (Lipinski definition) is 4. The zero-order valence-corrected chi connectivity index (χ0v) is 18.7. The van der Waals surface area contributed by atoms with Crippen LogP contribution in [0.1, 0.15) is 42.6 Å². The van der Waals surface area contributed by atoms with Crippen LogP contribution in [0.2, 0.25) is 0 Å². The number of carbonyl (C=O) groups excluding carboxylic acids is 3. The summed E-state index contributed by atoms with van der Waals surface area (Å²) < 4.78 is 0. The highest BCUT2D eigenvalue weighted by Gasteiger charge is 2.10. The van der Waals surface area contributed by atoms with E-state index in [1.54, 1.807) is 37.2 Å². The highest BCUT2D eigenvalue weighted by atomic mass is 16.2. The quantitative estimate of drug-likeness (QED) is 0.546. The van der Waals surface area contributed by atoms with Crippen molar-refractivity contribution in [3.63, 3.8) is 0 Å². The summed E-state index contributed by atoms with van der Waals surface area (Å²) >= 11 is 0. The molecule has 0 saturated carbocycles. The molecule has 0 aliphatic heterocycles. The number of amides is 3. The van der Waals surface area contributed by atoms with Crippen LogP contribution in [0.25, 0.3) is 0 Å². The molecular formula is C24H32N4O3. The molecule has 31 heavy (non-hydrogen) atoms. The zero-order chi connectivity index (χ0) is 22.8. The maximum absolute atomic E-state index is 12.3. The first kappa shape index (κ1) is 23.9. The van der Waals surface area contributed by atoms with Crippen LogP contribution in [0.3, 0.4) is 0 Å². The van der Waals surface area contributed by atoms with Gasteiger partial charge in [-0.1, -0.05) is 25.1 Å². The first-order valence-electron chi connectivity index (χ1n) is 10.5. The molecule has 7 nitrogen and oxygen atoms in total. The molecule has 0 fully saturated rings. The molecule has 0 aromatic heterocycles. The molecule has 2 aromatic rings. The minimum Gasteiger partial charge on any atom is -0.376 e. The molecule has 0 aliphatic carbocycles. The predicted octanol–water partition coefficient (Wildman–Crippen LogP) is 3.29. The molecular weight excluding hydrogens is 392 g/mol. The van der Waals surface area contributed by atoms with E-state index in [1.165, 1.54) is 0 Å². The smallest absolute Gasteiger partial charge is 0.251 e. The molecule has 0 saturated heterocycles. The van der Waals surface area contributed by atoms with Gasteiger partial charge in [0, 0.05) is 43.5 Å². The van der Waals surface area contributed by atoms with Crippen molar-refractivity contribution in [2.45, 2.75) is 39.2 Å². The molecule has 3 amide bonds. The molecule has 1 unspecified atom stereocenters. The molecule has 2 aromatic carbocycles. The van der Waals surface area contributed by atoms with E-state index in [0.29, 0.717) is 29.8 Å². The molecule has 7 heteroatoms. The van der Waals surface area contributed by atoms with Gasteiger partial charge in [0.2, 0.25) is 11.8 Å². The Bertz CT molecular complexity index is 911. The first-order chi connectivity index (χ1) is 14.8. The van der Waals surface area contributed by atoms with E-state index in [4.69, 9.17) is 0 Å². The predicted molar refractivity (Wildman–Crippen MR) is 124 cm³/mol. The second-order valence-electron chi connectivity index (χ2n) is 7.75. The number of anilines is 2. The van der Waals surface area contributed by atoms with Crippen LogP contribution in [-0.4, -0.2) is 49.3 Å².